The number of likely N-dealkylation sites (tertiary alicyclic amines) is 1. The lowest BCUT2D eigenvalue weighted by Gasteiger charge is -2.37. The highest BCUT2D eigenvalue weighted by Crippen LogP contribution is 2.21. The SMILES string of the molecule is CCOC(CCN1CC(C)CCC1C)C(=O)O. The third-order valence-electron chi connectivity index (χ3n) is 3.57. The molecule has 1 heterocycles. The van der Waals surface area contributed by atoms with E-state index in [1.807, 2.05) is 6.92 Å². The number of rotatable bonds is 6. The third kappa shape index (κ3) is 4.64. The Morgan fingerprint density at radius 1 is 1.47 bits per heavy atom. The summed E-state index contributed by atoms with van der Waals surface area (Å²) in [7, 11) is 0. The minimum Gasteiger partial charge on any atom is -0.479 e. The highest BCUT2D eigenvalue weighted by atomic mass is 16.5. The molecular formula is C13H25NO3. The van der Waals surface area contributed by atoms with Crippen molar-refractivity contribution >= 4 is 5.97 Å². The largest absolute Gasteiger partial charge is 0.479 e. The van der Waals surface area contributed by atoms with Gasteiger partial charge in [-0.3, -0.25) is 0 Å². The first-order chi connectivity index (χ1) is 8.04. The van der Waals surface area contributed by atoms with Gasteiger partial charge in [0.25, 0.3) is 0 Å². The number of ether oxygens (including phenoxy) is 1. The molecule has 1 aliphatic heterocycles. The Hall–Kier alpha value is -0.610. The zero-order valence-electron chi connectivity index (χ0n) is 11.2. The number of hydrogen-bond donors (Lipinski definition) is 1. The predicted molar refractivity (Wildman–Crippen MR) is 67.1 cm³/mol. The monoisotopic (exact) mass is 243 g/mol. The molecule has 1 fully saturated rings. The third-order valence-corrected chi connectivity index (χ3v) is 3.57. The number of piperidine rings is 1. The van der Waals surface area contributed by atoms with Crippen molar-refractivity contribution in [2.24, 2.45) is 5.92 Å². The lowest BCUT2D eigenvalue weighted by Crippen LogP contribution is -2.43. The minimum absolute atomic E-state index is 0.461. The van der Waals surface area contributed by atoms with Crippen molar-refractivity contribution in [2.45, 2.75) is 52.2 Å². The number of nitrogens with zero attached hydrogens (tertiary/aromatic N) is 1. The molecule has 1 saturated heterocycles. The van der Waals surface area contributed by atoms with E-state index >= 15 is 0 Å². The summed E-state index contributed by atoms with van der Waals surface area (Å²) in [5, 5.41) is 9.01. The summed E-state index contributed by atoms with van der Waals surface area (Å²) in [4.78, 5) is 13.4. The Morgan fingerprint density at radius 3 is 2.76 bits per heavy atom. The second-order valence-corrected chi connectivity index (χ2v) is 5.10. The van der Waals surface area contributed by atoms with Crippen LogP contribution in [0.2, 0.25) is 0 Å². The summed E-state index contributed by atoms with van der Waals surface area (Å²) in [5.41, 5.74) is 0. The molecule has 3 unspecified atom stereocenters. The Morgan fingerprint density at radius 2 is 2.18 bits per heavy atom. The molecule has 0 saturated carbocycles. The van der Waals surface area contributed by atoms with E-state index in [4.69, 9.17) is 9.84 Å². The summed E-state index contributed by atoms with van der Waals surface area (Å²) >= 11 is 0. The van der Waals surface area contributed by atoms with Crippen molar-refractivity contribution in [2.75, 3.05) is 19.7 Å². The summed E-state index contributed by atoms with van der Waals surface area (Å²) in [6, 6.07) is 0.572. The van der Waals surface area contributed by atoms with Gasteiger partial charge in [-0.1, -0.05) is 6.92 Å². The molecule has 0 amide bonds. The van der Waals surface area contributed by atoms with Crippen LogP contribution < -0.4 is 0 Å². The van der Waals surface area contributed by atoms with Gasteiger partial charge in [0.2, 0.25) is 0 Å². The zero-order valence-corrected chi connectivity index (χ0v) is 11.2. The average Bonchev–Trinajstić information content (AvgIpc) is 2.28. The van der Waals surface area contributed by atoms with Crippen LogP contribution >= 0.6 is 0 Å². The molecule has 100 valence electrons. The van der Waals surface area contributed by atoms with Gasteiger partial charge in [0.05, 0.1) is 0 Å². The molecule has 0 spiro atoms. The van der Waals surface area contributed by atoms with Crippen molar-refractivity contribution in [3.8, 4) is 0 Å². The van der Waals surface area contributed by atoms with E-state index in [2.05, 4.69) is 18.7 Å². The number of carbonyl (C=O) groups is 1. The maximum atomic E-state index is 11.0. The van der Waals surface area contributed by atoms with Crippen LogP contribution in [0.3, 0.4) is 0 Å². The molecule has 1 aliphatic rings. The highest BCUT2D eigenvalue weighted by Gasteiger charge is 2.25. The first-order valence-corrected chi connectivity index (χ1v) is 6.63. The van der Waals surface area contributed by atoms with E-state index < -0.39 is 12.1 Å². The van der Waals surface area contributed by atoms with Crippen LogP contribution in [0.5, 0.6) is 0 Å². The average molecular weight is 243 g/mol. The zero-order chi connectivity index (χ0) is 12.8. The van der Waals surface area contributed by atoms with Crippen LogP contribution in [0, 0.1) is 5.92 Å². The van der Waals surface area contributed by atoms with Crippen LogP contribution in [0.1, 0.15) is 40.0 Å². The van der Waals surface area contributed by atoms with Gasteiger partial charge in [0.1, 0.15) is 0 Å². The summed E-state index contributed by atoms with van der Waals surface area (Å²) in [5.74, 6) is -0.119. The van der Waals surface area contributed by atoms with E-state index in [-0.39, 0.29) is 0 Å². The van der Waals surface area contributed by atoms with Crippen molar-refractivity contribution in [1.82, 2.24) is 4.90 Å². The maximum Gasteiger partial charge on any atom is 0.332 e. The van der Waals surface area contributed by atoms with Gasteiger partial charge in [-0.2, -0.15) is 0 Å². The molecule has 0 aromatic carbocycles. The molecule has 0 bridgehead atoms. The maximum absolute atomic E-state index is 11.0. The molecule has 4 heteroatoms. The van der Waals surface area contributed by atoms with E-state index in [1.165, 1.54) is 12.8 Å². The van der Waals surface area contributed by atoms with Crippen LogP contribution in [0.15, 0.2) is 0 Å². The number of aliphatic carboxylic acids is 1. The first kappa shape index (κ1) is 14.5. The van der Waals surface area contributed by atoms with Crippen molar-refractivity contribution in [1.29, 1.82) is 0 Å². The lowest BCUT2D eigenvalue weighted by atomic mass is 9.95. The predicted octanol–water partition coefficient (Wildman–Crippen LogP) is 1.99. The molecular weight excluding hydrogens is 218 g/mol. The highest BCUT2D eigenvalue weighted by molar-refractivity contribution is 5.72. The molecule has 1 N–H and O–H groups in total. The van der Waals surface area contributed by atoms with E-state index in [0.29, 0.717) is 19.1 Å². The van der Waals surface area contributed by atoms with Crippen LogP contribution in [0.25, 0.3) is 0 Å². The molecule has 1 rings (SSSR count). The molecule has 0 aromatic heterocycles. The number of carboxylic acids is 1. The van der Waals surface area contributed by atoms with E-state index in [9.17, 15) is 4.79 Å². The Labute approximate surface area is 104 Å². The fraction of sp³-hybridized carbons (Fsp3) is 0.923. The number of hydrogen-bond acceptors (Lipinski definition) is 3. The summed E-state index contributed by atoms with van der Waals surface area (Å²) < 4.78 is 5.23. The van der Waals surface area contributed by atoms with Gasteiger partial charge in [-0.25, -0.2) is 4.79 Å². The van der Waals surface area contributed by atoms with E-state index in [1.54, 1.807) is 0 Å². The second-order valence-electron chi connectivity index (χ2n) is 5.10. The van der Waals surface area contributed by atoms with Crippen molar-refractivity contribution in [3.63, 3.8) is 0 Å². The van der Waals surface area contributed by atoms with Crippen molar-refractivity contribution in [3.05, 3.63) is 0 Å². The van der Waals surface area contributed by atoms with Gasteiger partial charge in [-0.15, -0.1) is 0 Å². The summed E-state index contributed by atoms with van der Waals surface area (Å²) in [6.45, 7) is 8.69. The fourth-order valence-electron chi connectivity index (χ4n) is 2.45. The van der Waals surface area contributed by atoms with Crippen LogP contribution in [-0.4, -0.2) is 47.8 Å². The smallest absolute Gasteiger partial charge is 0.332 e. The molecule has 0 aromatic rings. The minimum atomic E-state index is -0.843. The standard InChI is InChI=1S/C13H25NO3/c1-4-17-12(13(15)16)7-8-14-9-10(2)5-6-11(14)3/h10-12H,4-9H2,1-3H3,(H,15,16). The molecule has 0 aliphatic carbocycles. The van der Waals surface area contributed by atoms with Gasteiger partial charge >= 0.3 is 5.97 Å². The summed E-state index contributed by atoms with van der Waals surface area (Å²) in [6.07, 6.45) is 2.43. The first-order valence-electron chi connectivity index (χ1n) is 6.63. The van der Waals surface area contributed by atoms with Gasteiger partial charge in [0, 0.05) is 25.7 Å². The number of carboxylic acid groups (broad SMARTS) is 1. The van der Waals surface area contributed by atoms with E-state index in [0.717, 1.165) is 19.0 Å². The Kier molecular flexibility index (Phi) is 5.92. The molecule has 3 atom stereocenters. The van der Waals surface area contributed by atoms with Crippen LogP contribution in [-0.2, 0) is 9.53 Å². The van der Waals surface area contributed by atoms with Gasteiger partial charge in [-0.05, 0) is 39.0 Å². The normalized spacial score (nSPS) is 27.9. The Balaban J connectivity index is 2.38. The topological polar surface area (TPSA) is 49.8 Å². The van der Waals surface area contributed by atoms with Gasteiger partial charge in [0.15, 0.2) is 6.10 Å². The van der Waals surface area contributed by atoms with Gasteiger partial charge < -0.3 is 14.7 Å². The molecule has 17 heavy (non-hydrogen) atoms. The molecule has 0 radical (unpaired) electrons. The second kappa shape index (κ2) is 6.97. The quantitative estimate of drug-likeness (QED) is 0.775. The fourth-order valence-corrected chi connectivity index (χ4v) is 2.45. The molecule has 4 nitrogen and oxygen atoms in total. The van der Waals surface area contributed by atoms with Crippen molar-refractivity contribution < 1.29 is 14.6 Å². The van der Waals surface area contributed by atoms with Crippen LogP contribution in [0.4, 0.5) is 0 Å². The lowest BCUT2D eigenvalue weighted by molar-refractivity contribution is -0.150. The Bertz CT molecular complexity index is 245.